The molecule has 0 bridgehead atoms. The van der Waals surface area contributed by atoms with Crippen LogP contribution in [0.25, 0.3) is 11.1 Å². The number of aliphatic hydroxyl groups is 2. The molecule has 1 aromatic carbocycles. The summed E-state index contributed by atoms with van der Waals surface area (Å²) < 4.78 is 0. The maximum absolute atomic E-state index is 9.21. The summed E-state index contributed by atoms with van der Waals surface area (Å²) in [5.41, 5.74) is 11.0. The molecule has 1 aromatic heterocycles. The molecule has 1 heterocycles. The lowest BCUT2D eigenvalue weighted by Gasteiger charge is -2.26. The molecule has 0 unspecified atom stereocenters. The number of thiophene rings is 1. The van der Waals surface area contributed by atoms with Gasteiger partial charge < -0.3 is 20.8 Å². The van der Waals surface area contributed by atoms with Crippen molar-refractivity contribution in [2.24, 2.45) is 0 Å². The Hall–Kier alpha value is -1.56. The van der Waals surface area contributed by atoms with Gasteiger partial charge in [-0.3, -0.25) is 0 Å². The molecule has 0 saturated carbocycles. The summed E-state index contributed by atoms with van der Waals surface area (Å²) in [4.78, 5) is 1.98. The minimum atomic E-state index is 0.0481. The molecule has 4 N–H and O–H groups in total. The average molecular weight is 292 g/mol. The largest absolute Gasteiger partial charge is 0.399 e. The molecule has 20 heavy (non-hydrogen) atoms. The van der Waals surface area contributed by atoms with Crippen LogP contribution >= 0.6 is 11.3 Å². The van der Waals surface area contributed by atoms with Gasteiger partial charge in [0.05, 0.1) is 13.2 Å². The number of nitrogens with zero attached hydrogens (tertiary/aromatic N) is 1. The van der Waals surface area contributed by atoms with Crippen LogP contribution in [0.3, 0.4) is 0 Å². The van der Waals surface area contributed by atoms with E-state index in [0.717, 1.165) is 16.8 Å². The van der Waals surface area contributed by atoms with E-state index in [-0.39, 0.29) is 13.2 Å². The lowest BCUT2D eigenvalue weighted by atomic mass is 10.0. The molecule has 0 fully saturated rings. The van der Waals surface area contributed by atoms with Gasteiger partial charge in [0.2, 0.25) is 0 Å². The topological polar surface area (TPSA) is 69.7 Å². The predicted molar refractivity (Wildman–Crippen MR) is 85.3 cm³/mol. The molecule has 2 rings (SSSR count). The molecule has 108 valence electrons. The van der Waals surface area contributed by atoms with Gasteiger partial charge in [0.15, 0.2) is 0 Å². The fourth-order valence-electron chi connectivity index (χ4n) is 2.28. The number of nitrogen functional groups attached to an aromatic ring is 1. The van der Waals surface area contributed by atoms with Gasteiger partial charge in [-0.1, -0.05) is 0 Å². The Morgan fingerprint density at radius 2 is 1.80 bits per heavy atom. The van der Waals surface area contributed by atoms with E-state index in [4.69, 9.17) is 5.73 Å². The molecule has 0 spiro atoms. The molecular formula is C15H20N2O2S. The standard InChI is InChI=1S/C15H20N2O2S/c1-11-9-20-10-14(11)13-8-12(16)2-3-15(13)17(4-6-18)5-7-19/h2-3,8-10,18-19H,4-7,16H2,1H3. The Morgan fingerprint density at radius 1 is 1.10 bits per heavy atom. The average Bonchev–Trinajstić information content (AvgIpc) is 2.85. The predicted octanol–water partition coefficient (Wildman–Crippen LogP) is 2.10. The zero-order valence-electron chi connectivity index (χ0n) is 11.5. The third kappa shape index (κ3) is 3.12. The van der Waals surface area contributed by atoms with Crippen LogP contribution in [-0.4, -0.2) is 36.5 Å². The van der Waals surface area contributed by atoms with Crippen molar-refractivity contribution in [3.05, 3.63) is 34.5 Å². The van der Waals surface area contributed by atoms with Gasteiger partial charge in [0.1, 0.15) is 0 Å². The zero-order chi connectivity index (χ0) is 14.5. The number of hydrogen-bond acceptors (Lipinski definition) is 5. The zero-order valence-corrected chi connectivity index (χ0v) is 12.4. The highest BCUT2D eigenvalue weighted by atomic mass is 32.1. The number of aryl methyl sites for hydroxylation is 1. The second kappa shape index (κ2) is 6.74. The number of anilines is 2. The van der Waals surface area contributed by atoms with Crippen molar-refractivity contribution >= 4 is 22.7 Å². The number of aliphatic hydroxyl groups excluding tert-OH is 2. The summed E-state index contributed by atoms with van der Waals surface area (Å²) in [5.74, 6) is 0. The highest BCUT2D eigenvalue weighted by Gasteiger charge is 2.14. The van der Waals surface area contributed by atoms with Crippen LogP contribution in [0.5, 0.6) is 0 Å². The summed E-state index contributed by atoms with van der Waals surface area (Å²) in [7, 11) is 0. The molecular weight excluding hydrogens is 272 g/mol. The first-order chi connectivity index (χ1) is 9.67. The maximum atomic E-state index is 9.21. The lowest BCUT2D eigenvalue weighted by Crippen LogP contribution is -2.30. The van der Waals surface area contributed by atoms with Crippen LogP contribution in [0, 0.1) is 6.92 Å². The van der Waals surface area contributed by atoms with Crippen molar-refractivity contribution in [3.8, 4) is 11.1 Å². The Labute approximate surface area is 123 Å². The molecule has 0 saturated heterocycles. The molecule has 0 aliphatic heterocycles. The molecule has 0 aliphatic rings. The van der Waals surface area contributed by atoms with Gasteiger partial charge >= 0.3 is 0 Å². The van der Waals surface area contributed by atoms with E-state index in [9.17, 15) is 10.2 Å². The van der Waals surface area contributed by atoms with Crippen molar-refractivity contribution in [1.82, 2.24) is 0 Å². The smallest absolute Gasteiger partial charge is 0.0606 e. The van der Waals surface area contributed by atoms with E-state index in [1.54, 1.807) is 11.3 Å². The van der Waals surface area contributed by atoms with E-state index < -0.39 is 0 Å². The summed E-state index contributed by atoms with van der Waals surface area (Å²) >= 11 is 1.66. The van der Waals surface area contributed by atoms with E-state index in [1.165, 1.54) is 5.56 Å². The van der Waals surface area contributed by atoms with E-state index in [2.05, 4.69) is 17.7 Å². The van der Waals surface area contributed by atoms with Crippen LogP contribution in [0.2, 0.25) is 0 Å². The molecule has 5 heteroatoms. The minimum absolute atomic E-state index is 0.0481. The van der Waals surface area contributed by atoms with Gasteiger partial charge in [0.25, 0.3) is 0 Å². The van der Waals surface area contributed by atoms with Gasteiger partial charge in [-0.05, 0) is 47.0 Å². The summed E-state index contributed by atoms with van der Waals surface area (Å²) in [5, 5.41) is 22.6. The van der Waals surface area contributed by atoms with Crippen molar-refractivity contribution < 1.29 is 10.2 Å². The lowest BCUT2D eigenvalue weighted by molar-refractivity contribution is 0.281. The van der Waals surface area contributed by atoms with Crippen LogP contribution in [0.1, 0.15) is 5.56 Å². The van der Waals surface area contributed by atoms with Crippen molar-refractivity contribution in [3.63, 3.8) is 0 Å². The fraction of sp³-hybridized carbons (Fsp3) is 0.333. The Balaban J connectivity index is 2.49. The highest BCUT2D eigenvalue weighted by molar-refractivity contribution is 7.08. The molecule has 0 aliphatic carbocycles. The van der Waals surface area contributed by atoms with Gasteiger partial charge in [-0.2, -0.15) is 11.3 Å². The number of hydrogen-bond donors (Lipinski definition) is 3. The first kappa shape index (κ1) is 14.8. The Bertz CT molecular complexity index is 563. The first-order valence-corrected chi connectivity index (χ1v) is 7.51. The summed E-state index contributed by atoms with van der Waals surface area (Å²) in [6.45, 7) is 3.14. The minimum Gasteiger partial charge on any atom is -0.399 e. The third-order valence-electron chi connectivity index (χ3n) is 3.25. The van der Waals surface area contributed by atoms with E-state index >= 15 is 0 Å². The molecule has 0 radical (unpaired) electrons. The van der Waals surface area contributed by atoms with Crippen molar-refractivity contribution in [1.29, 1.82) is 0 Å². The second-order valence-electron chi connectivity index (χ2n) is 4.68. The Morgan fingerprint density at radius 3 is 2.35 bits per heavy atom. The maximum Gasteiger partial charge on any atom is 0.0606 e. The second-order valence-corrected chi connectivity index (χ2v) is 5.42. The fourth-order valence-corrected chi connectivity index (χ4v) is 3.12. The monoisotopic (exact) mass is 292 g/mol. The third-order valence-corrected chi connectivity index (χ3v) is 4.11. The van der Waals surface area contributed by atoms with Crippen LogP contribution in [-0.2, 0) is 0 Å². The highest BCUT2D eigenvalue weighted by Crippen LogP contribution is 2.36. The first-order valence-electron chi connectivity index (χ1n) is 6.56. The normalized spacial score (nSPS) is 10.8. The molecule has 2 aromatic rings. The van der Waals surface area contributed by atoms with Crippen LogP contribution < -0.4 is 10.6 Å². The summed E-state index contributed by atoms with van der Waals surface area (Å²) in [6, 6.07) is 5.75. The van der Waals surface area contributed by atoms with Crippen LogP contribution in [0.4, 0.5) is 11.4 Å². The number of nitrogens with two attached hydrogens (primary N) is 1. The SMILES string of the molecule is Cc1cscc1-c1cc(N)ccc1N(CCO)CCO. The number of rotatable bonds is 6. The van der Waals surface area contributed by atoms with E-state index in [0.29, 0.717) is 18.8 Å². The molecule has 0 amide bonds. The van der Waals surface area contributed by atoms with Gasteiger partial charge in [-0.15, -0.1) is 0 Å². The van der Waals surface area contributed by atoms with E-state index in [1.807, 2.05) is 23.1 Å². The summed E-state index contributed by atoms with van der Waals surface area (Å²) in [6.07, 6.45) is 0. The van der Waals surface area contributed by atoms with Crippen LogP contribution in [0.15, 0.2) is 29.0 Å². The molecule has 0 atom stereocenters. The van der Waals surface area contributed by atoms with Gasteiger partial charge in [0, 0.05) is 30.0 Å². The molecule has 4 nitrogen and oxygen atoms in total. The van der Waals surface area contributed by atoms with Gasteiger partial charge in [-0.25, -0.2) is 0 Å². The van der Waals surface area contributed by atoms with Crippen molar-refractivity contribution in [2.45, 2.75) is 6.92 Å². The number of benzene rings is 1. The quantitative estimate of drug-likeness (QED) is 0.713. The van der Waals surface area contributed by atoms with Crippen molar-refractivity contribution in [2.75, 3.05) is 36.9 Å². The Kier molecular flexibility index (Phi) is 5.00.